The van der Waals surface area contributed by atoms with E-state index in [1.54, 1.807) is 13.1 Å². The van der Waals surface area contributed by atoms with Gasteiger partial charge in [-0.3, -0.25) is 15.1 Å². The van der Waals surface area contributed by atoms with Gasteiger partial charge in [0.1, 0.15) is 17.0 Å². The summed E-state index contributed by atoms with van der Waals surface area (Å²) in [5, 5.41) is 12.5. The second kappa shape index (κ2) is 6.52. The summed E-state index contributed by atoms with van der Waals surface area (Å²) in [5.74, 6) is 0.469. The zero-order valence-corrected chi connectivity index (χ0v) is 14.7. The van der Waals surface area contributed by atoms with Gasteiger partial charge in [-0.05, 0) is 25.5 Å². The highest BCUT2D eigenvalue weighted by Gasteiger charge is 2.22. The molecule has 4 aromatic rings. The zero-order chi connectivity index (χ0) is 18.1. The lowest BCUT2D eigenvalue weighted by atomic mass is 10.1. The van der Waals surface area contributed by atoms with E-state index >= 15 is 0 Å². The third kappa shape index (κ3) is 2.88. The van der Waals surface area contributed by atoms with Crippen LogP contribution in [0.15, 0.2) is 45.1 Å². The number of aryl methyl sites for hydroxylation is 2. The molecular formula is C17H13N5O3S. The highest BCUT2D eigenvalue weighted by atomic mass is 32.1. The van der Waals surface area contributed by atoms with E-state index in [1.165, 1.54) is 23.7 Å². The van der Waals surface area contributed by atoms with E-state index in [9.17, 15) is 4.79 Å². The van der Waals surface area contributed by atoms with Crippen molar-refractivity contribution in [2.45, 2.75) is 13.8 Å². The van der Waals surface area contributed by atoms with Crippen molar-refractivity contribution in [3.63, 3.8) is 0 Å². The maximum Gasteiger partial charge on any atom is 0.263 e. The van der Waals surface area contributed by atoms with Gasteiger partial charge in [0.15, 0.2) is 10.9 Å². The van der Waals surface area contributed by atoms with Gasteiger partial charge >= 0.3 is 0 Å². The normalized spacial score (nSPS) is 10.8. The molecule has 0 unspecified atom stereocenters. The van der Waals surface area contributed by atoms with Crippen molar-refractivity contribution < 1.29 is 13.8 Å². The second-order valence-electron chi connectivity index (χ2n) is 5.53. The van der Waals surface area contributed by atoms with Crippen LogP contribution in [0, 0.1) is 13.8 Å². The fourth-order valence-corrected chi connectivity index (χ4v) is 3.16. The average Bonchev–Trinajstić information content (AvgIpc) is 3.35. The quantitative estimate of drug-likeness (QED) is 0.586. The molecule has 0 saturated carbocycles. The fourth-order valence-electron chi connectivity index (χ4n) is 2.47. The number of carbonyl (C=O) groups is 1. The Morgan fingerprint density at radius 1 is 1.19 bits per heavy atom. The Labute approximate surface area is 151 Å². The summed E-state index contributed by atoms with van der Waals surface area (Å²) in [5.41, 5.74) is 3.37. The van der Waals surface area contributed by atoms with Crippen molar-refractivity contribution in [3.8, 4) is 22.7 Å². The Hall–Kier alpha value is -3.33. The Kier molecular flexibility index (Phi) is 4.05. The molecule has 1 N–H and O–H groups in total. The summed E-state index contributed by atoms with van der Waals surface area (Å²) in [4.78, 5) is 21.4. The first kappa shape index (κ1) is 16.2. The molecule has 4 heterocycles. The van der Waals surface area contributed by atoms with Crippen LogP contribution in [0.2, 0.25) is 0 Å². The predicted molar refractivity (Wildman–Crippen MR) is 94.8 cm³/mol. The minimum Gasteiger partial charge on any atom is -0.361 e. The number of nitrogens with one attached hydrogen (secondary N) is 1. The largest absolute Gasteiger partial charge is 0.361 e. The lowest BCUT2D eigenvalue weighted by molar-refractivity contribution is 0.102. The number of thiazole rings is 1. The van der Waals surface area contributed by atoms with Crippen molar-refractivity contribution in [2.24, 2.45) is 0 Å². The van der Waals surface area contributed by atoms with E-state index in [0.29, 0.717) is 27.9 Å². The highest BCUT2D eigenvalue weighted by molar-refractivity contribution is 7.14. The molecule has 0 aromatic carbocycles. The van der Waals surface area contributed by atoms with Gasteiger partial charge in [0.25, 0.3) is 5.91 Å². The molecule has 1 amide bonds. The maximum atomic E-state index is 12.6. The average molecular weight is 367 g/mol. The number of rotatable bonds is 4. The van der Waals surface area contributed by atoms with Crippen LogP contribution >= 0.6 is 11.3 Å². The molecule has 0 atom stereocenters. The molecule has 26 heavy (non-hydrogen) atoms. The number of carbonyl (C=O) groups excluding carboxylic acids is 1. The van der Waals surface area contributed by atoms with Gasteiger partial charge in [-0.1, -0.05) is 16.4 Å². The van der Waals surface area contributed by atoms with E-state index < -0.39 is 0 Å². The van der Waals surface area contributed by atoms with Crippen molar-refractivity contribution in [1.82, 2.24) is 20.3 Å². The number of hydrogen-bond donors (Lipinski definition) is 1. The number of amides is 1. The molecule has 4 rings (SSSR count). The van der Waals surface area contributed by atoms with Crippen LogP contribution in [0.3, 0.4) is 0 Å². The Bertz CT molecular complexity index is 1080. The molecule has 0 aliphatic heterocycles. The summed E-state index contributed by atoms with van der Waals surface area (Å²) >= 11 is 1.32. The molecule has 0 aliphatic carbocycles. The Balaban J connectivity index is 1.58. The van der Waals surface area contributed by atoms with Crippen LogP contribution in [-0.2, 0) is 0 Å². The summed E-state index contributed by atoms with van der Waals surface area (Å²) < 4.78 is 10.2. The third-order valence-electron chi connectivity index (χ3n) is 3.79. The number of pyridine rings is 1. The van der Waals surface area contributed by atoms with E-state index in [1.807, 2.05) is 24.4 Å². The third-order valence-corrected chi connectivity index (χ3v) is 4.54. The molecule has 130 valence electrons. The number of anilines is 1. The Morgan fingerprint density at radius 2 is 2.04 bits per heavy atom. The first-order valence-electron chi connectivity index (χ1n) is 7.68. The Morgan fingerprint density at radius 3 is 2.81 bits per heavy atom. The maximum absolute atomic E-state index is 12.6. The van der Waals surface area contributed by atoms with Gasteiger partial charge in [0, 0.05) is 11.6 Å². The first-order chi connectivity index (χ1) is 12.6. The summed E-state index contributed by atoms with van der Waals surface area (Å²) in [7, 11) is 0. The minimum atomic E-state index is -0.375. The van der Waals surface area contributed by atoms with Gasteiger partial charge in [-0.2, -0.15) is 0 Å². The molecular weight excluding hydrogens is 354 g/mol. The van der Waals surface area contributed by atoms with Crippen LogP contribution in [0.5, 0.6) is 0 Å². The van der Waals surface area contributed by atoms with E-state index in [2.05, 4.69) is 25.6 Å². The van der Waals surface area contributed by atoms with Crippen molar-refractivity contribution >= 4 is 22.4 Å². The number of nitrogens with zero attached hydrogens (tertiary/aromatic N) is 4. The lowest BCUT2D eigenvalue weighted by Crippen LogP contribution is -2.11. The molecule has 0 aliphatic rings. The SMILES string of the molecule is Cc1cccnc1-c1csc(NC(=O)c2cnoc2-c2cnoc2C)n1. The summed E-state index contributed by atoms with van der Waals surface area (Å²) in [6.07, 6.45) is 4.55. The number of hydrogen-bond acceptors (Lipinski definition) is 8. The first-order valence-corrected chi connectivity index (χ1v) is 8.56. The molecule has 8 nitrogen and oxygen atoms in total. The molecule has 4 aromatic heterocycles. The summed E-state index contributed by atoms with van der Waals surface area (Å²) in [6, 6.07) is 3.83. The van der Waals surface area contributed by atoms with Crippen LogP contribution in [0.25, 0.3) is 22.7 Å². The second-order valence-corrected chi connectivity index (χ2v) is 6.38. The van der Waals surface area contributed by atoms with Gasteiger partial charge in [0.2, 0.25) is 0 Å². The topological polar surface area (TPSA) is 107 Å². The predicted octanol–water partition coefficient (Wildman–Crippen LogP) is 3.72. The van der Waals surface area contributed by atoms with Gasteiger partial charge in [-0.25, -0.2) is 4.98 Å². The van der Waals surface area contributed by atoms with Gasteiger partial charge in [0.05, 0.1) is 23.7 Å². The fraction of sp³-hybridized carbons (Fsp3) is 0.118. The highest BCUT2D eigenvalue weighted by Crippen LogP contribution is 2.29. The van der Waals surface area contributed by atoms with Crippen molar-refractivity contribution in [3.05, 3.63) is 53.0 Å². The van der Waals surface area contributed by atoms with Crippen molar-refractivity contribution in [1.29, 1.82) is 0 Å². The van der Waals surface area contributed by atoms with Crippen LogP contribution in [0.1, 0.15) is 21.7 Å². The van der Waals surface area contributed by atoms with Crippen LogP contribution < -0.4 is 5.32 Å². The minimum absolute atomic E-state index is 0.280. The lowest BCUT2D eigenvalue weighted by Gasteiger charge is -2.01. The van der Waals surface area contributed by atoms with Gasteiger partial charge < -0.3 is 9.05 Å². The van der Waals surface area contributed by atoms with Crippen molar-refractivity contribution in [2.75, 3.05) is 5.32 Å². The molecule has 9 heteroatoms. The molecule has 0 saturated heterocycles. The van der Waals surface area contributed by atoms with Crippen LogP contribution in [0.4, 0.5) is 5.13 Å². The van der Waals surface area contributed by atoms with E-state index in [4.69, 9.17) is 9.05 Å². The molecule has 0 fully saturated rings. The molecule has 0 radical (unpaired) electrons. The monoisotopic (exact) mass is 367 g/mol. The van der Waals surface area contributed by atoms with E-state index in [0.717, 1.165) is 11.3 Å². The zero-order valence-electron chi connectivity index (χ0n) is 13.9. The standard InChI is InChI=1S/C17H13N5O3S/c1-9-4-3-5-18-14(9)13-8-26-17(21-13)22-16(23)12-7-20-25-15(12)11-6-19-24-10(11)2/h3-8H,1-2H3,(H,21,22,23). The van der Waals surface area contributed by atoms with Gasteiger partial charge in [-0.15, -0.1) is 11.3 Å². The smallest absolute Gasteiger partial charge is 0.263 e. The van der Waals surface area contributed by atoms with E-state index in [-0.39, 0.29) is 11.5 Å². The van der Waals surface area contributed by atoms with Crippen LogP contribution in [-0.4, -0.2) is 26.2 Å². The molecule has 0 spiro atoms. The number of aromatic nitrogens is 4. The molecule has 0 bridgehead atoms. The summed E-state index contributed by atoms with van der Waals surface area (Å²) in [6.45, 7) is 3.69.